The molecule has 0 saturated carbocycles. The van der Waals surface area contributed by atoms with E-state index in [4.69, 9.17) is 0 Å². The first kappa shape index (κ1) is 16.7. The number of anilines is 1. The van der Waals surface area contributed by atoms with Gasteiger partial charge in [0, 0.05) is 24.6 Å². The number of alkyl halides is 3. The van der Waals surface area contributed by atoms with E-state index in [2.05, 4.69) is 10.3 Å². The van der Waals surface area contributed by atoms with Crippen LogP contribution >= 0.6 is 0 Å². The fourth-order valence-corrected chi connectivity index (χ4v) is 1.84. The Morgan fingerprint density at radius 3 is 2.26 bits per heavy atom. The van der Waals surface area contributed by atoms with Gasteiger partial charge in [0.05, 0.1) is 5.56 Å². The fraction of sp³-hybridized carbons (Fsp3) is 0.188. The Morgan fingerprint density at radius 2 is 1.70 bits per heavy atom. The molecule has 23 heavy (non-hydrogen) atoms. The van der Waals surface area contributed by atoms with Crippen LogP contribution in [0.25, 0.3) is 0 Å². The van der Waals surface area contributed by atoms with Crippen molar-refractivity contribution in [3.05, 3.63) is 59.8 Å². The Balaban J connectivity index is 1.86. The summed E-state index contributed by atoms with van der Waals surface area (Å²) in [5.74, 6) is -0.655. The molecular weight excluding hydrogens is 309 g/mol. The molecule has 1 N–H and O–H groups in total. The standard InChI is InChI=1S/C16H13F3N2O2/c17-16(18,19)12-6-8-14(20-10-12)21-15(23)9-7-13(22)11-4-2-1-3-5-11/h1-6,8,10H,7,9H2,(H,20,21,23). The number of carbonyl (C=O) groups is 2. The zero-order valence-corrected chi connectivity index (χ0v) is 11.9. The van der Waals surface area contributed by atoms with Crippen molar-refractivity contribution in [3.8, 4) is 0 Å². The molecule has 2 aromatic rings. The van der Waals surface area contributed by atoms with E-state index in [0.717, 1.165) is 12.1 Å². The van der Waals surface area contributed by atoms with Gasteiger partial charge < -0.3 is 5.32 Å². The van der Waals surface area contributed by atoms with Gasteiger partial charge in [-0.05, 0) is 12.1 Å². The normalized spacial score (nSPS) is 11.1. The Morgan fingerprint density at radius 1 is 1.00 bits per heavy atom. The second-order valence-corrected chi connectivity index (χ2v) is 4.77. The molecule has 1 aromatic heterocycles. The van der Waals surface area contributed by atoms with Crippen molar-refractivity contribution in [3.63, 3.8) is 0 Å². The lowest BCUT2D eigenvalue weighted by molar-refractivity contribution is -0.137. The molecule has 120 valence electrons. The molecular formula is C16H13F3N2O2. The monoisotopic (exact) mass is 322 g/mol. The Hall–Kier alpha value is -2.70. The van der Waals surface area contributed by atoms with Crippen molar-refractivity contribution in [1.29, 1.82) is 0 Å². The van der Waals surface area contributed by atoms with E-state index in [-0.39, 0.29) is 24.4 Å². The van der Waals surface area contributed by atoms with Crippen LogP contribution in [0.3, 0.4) is 0 Å². The second kappa shape index (κ2) is 7.04. The van der Waals surface area contributed by atoms with Crippen molar-refractivity contribution >= 4 is 17.5 Å². The molecule has 0 saturated heterocycles. The highest BCUT2D eigenvalue weighted by Crippen LogP contribution is 2.28. The second-order valence-electron chi connectivity index (χ2n) is 4.77. The van der Waals surface area contributed by atoms with Crippen molar-refractivity contribution in [2.45, 2.75) is 19.0 Å². The minimum absolute atomic E-state index is 0.00941. The van der Waals surface area contributed by atoms with Crippen molar-refractivity contribution in [2.24, 2.45) is 0 Å². The molecule has 0 aliphatic heterocycles. The summed E-state index contributed by atoms with van der Waals surface area (Å²) >= 11 is 0. The smallest absolute Gasteiger partial charge is 0.311 e. The first-order valence-electron chi connectivity index (χ1n) is 6.77. The SMILES string of the molecule is O=C(CCC(=O)c1ccccc1)Nc1ccc(C(F)(F)F)cn1. The number of benzene rings is 1. The molecule has 0 aliphatic rings. The highest BCUT2D eigenvalue weighted by molar-refractivity contribution is 5.99. The summed E-state index contributed by atoms with van der Waals surface area (Å²) in [5, 5.41) is 2.36. The molecule has 2 rings (SSSR count). The van der Waals surface area contributed by atoms with Gasteiger partial charge >= 0.3 is 6.18 Å². The topological polar surface area (TPSA) is 59.1 Å². The number of rotatable bonds is 5. The minimum Gasteiger partial charge on any atom is -0.311 e. The molecule has 0 bridgehead atoms. The summed E-state index contributed by atoms with van der Waals surface area (Å²) < 4.78 is 37.2. The molecule has 0 radical (unpaired) electrons. The number of hydrogen-bond acceptors (Lipinski definition) is 3. The molecule has 7 heteroatoms. The van der Waals surface area contributed by atoms with E-state index in [9.17, 15) is 22.8 Å². The maximum atomic E-state index is 12.4. The summed E-state index contributed by atoms with van der Waals surface area (Å²) in [7, 11) is 0. The third-order valence-electron chi connectivity index (χ3n) is 3.03. The highest BCUT2D eigenvalue weighted by atomic mass is 19.4. The van der Waals surface area contributed by atoms with Gasteiger partial charge in [-0.15, -0.1) is 0 Å². The number of carbonyl (C=O) groups excluding carboxylic acids is 2. The zero-order chi connectivity index (χ0) is 16.9. The maximum Gasteiger partial charge on any atom is 0.417 e. The van der Waals surface area contributed by atoms with E-state index in [0.29, 0.717) is 11.8 Å². The molecule has 1 heterocycles. The van der Waals surface area contributed by atoms with Gasteiger partial charge in [0.25, 0.3) is 0 Å². The number of pyridine rings is 1. The number of nitrogens with zero attached hydrogens (tertiary/aromatic N) is 1. The van der Waals surface area contributed by atoms with Crippen LogP contribution < -0.4 is 5.32 Å². The Bertz CT molecular complexity index is 683. The molecule has 0 spiro atoms. The summed E-state index contributed by atoms with van der Waals surface area (Å²) in [6, 6.07) is 10.4. The van der Waals surface area contributed by atoms with Gasteiger partial charge in [-0.3, -0.25) is 9.59 Å². The summed E-state index contributed by atoms with van der Waals surface area (Å²) in [4.78, 5) is 27.1. The van der Waals surface area contributed by atoms with E-state index < -0.39 is 17.6 Å². The minimum atomic E-state index is -4.47. The van der Waals surface area contributed by atoms with Gasteiger partial charge in [0.2, 0.25) is 5.91 Å². The van der Waals surface area contributed by atoms with E-state index in [1.165, 1.54) is 0 Å². The van der Waals surface area contributed by atoms with Crippen LogP contribution in [0.4, 0.5) is 19.0 Å². The largest absolute Gasteiger partial charge is 0.417 e. The predicted molar refractivity (Wildman–Crippen MR) is 77.9 cm³/mol. The van der Waals surface area contributed by atoms with E-state index in [1.54, 1.807) is 30.3 Å². The number of hydrogen-bond donors (Lipinski definition) is 1. The van der Waals surface area contributed by atoms with Gasteiger partial charge in [0.15, 0.2) is 5.78 Å². The average Bonchev–Trinajstić information content (AvgIpc) is 2.53. The first-order valence-corrected chi connectivity index (χ1v) is 6.77. The van der Waals surface area contributed by atoms with Crippen LogP contribution in [0.2, 0.25) is 0 Å². The molecule has 0 fully saturated rings. The fourth-order valence-electron chi connectivity index (χ4n) is 1.84. The molecule has 0 aliphatic carbocycles. The Labute approximate surface area is 130 Å². The van der Waals surface area contributed by atoms with Crippen molar-refractivity contribution in [2.75, 3.05) is 5.32 Å². The number of aromatic nitrogens is 1. The molecule has 1 amide bonds. The van der Waals surface area contributed by atoms with Gasteiger partial charge in [-0.25, -0.2) is 4.98 Å². The lowest BCUT2D eigenvalue weighted by Gasteiger charge is -2.08. The van der Waals surface area contributed by atoms with Crippen LogP contribution in [-0.4, -0.2) is 16.7 Å². The molecule has 0 unspecified atom stereocenters. The van der Waals surface area contributed by atoms with Gasteiger partial charge in [-0.2, -0.15) is 13.2 Å². The summed E-state index contributed by atoms with van der Waals surface area (Å²) in [5.41, 5.74) is -0.386. The third-order valence-corrected chi connectivity index (χ3v) is 3.03. The molecule has 4 nitrogen and oxygen atoms in total. The van der Waals surface area contributed by atoms with Crippen LogP contribution in [-0.2, 0) is 11.0 Å². The zero-order valence-electron chi connectivity index (χ0n) is 11.9. The summed E-state index contributed by atoms with van der Waals surface area (Å²) in [6.45, 7) is 0. The predicted octanol–water partition coefficient (Wildman–Crippen LogP) is 3.70. The van der Waals surface area contributed by atoms with Crippen LogP contribution in [0.5, 0.6) is 0 Å². The number of halogens is 3. The number of Topliss-reactive ketones (excluding diaryl/α,β-unsaturated/α-hetero) is 1. The quantitative estimate of drug-likeness (QED) is 0.854. The molecule has 0 atom stereocenters. The highest BCUT2D eigenvalue weighted by Gasteiger charge is 2.30. The Kier molecular flexibility index (Phi) is 5.10. The van der Waals surface area contributed by atoms with Crippen LogP contribution in [0.1, 0.15) is 28.8 Å². The lowest BCUT2D eigenvalue weighted by Crippen LogP contribution is -2.15. The van der Waals surface area contributed by atoms with E-state index >= 15 is 0 Å². The van der Waals surface area contributed by atoms with E-state index in [1.807, 2.05) is 0 Å². The molecule has 1 aromatic carbocycles. The first-order chi connectivity index (χ1) is 10.9. The van der Waals surface area contributed by atoms with Crippen LogP contribution in [0, 0.1) is 0 Å². The number of ketones is 1. The summed E-state index contributed by atoms with van der Waals surface area (Å²) in [6.07, 6.45) is -3.89. The third kappa shape index (κ3) is 4.91. The average molecular weight is 322 g/mol. The van der Waals surface area contributed by atoms with Crippen molar-refractivity contribution in [1.82, 2.24) is 4.98 Å². The number of nitrogens with one attached hydrogen (secondary N) is 1. The van der Waals surface area contributed by atoms with Crippen molar-refractivity contribution < 1.29 is 22.8 Å². The van der Waals surface area contributed by atoms with Gasteiger partial charge in [-0.1, -0.05) is 30.3 Å². The maximum absolute atomic E-state index is 12.4. The van der Waals surface area contributed by atoms with Gasteiger partial charge in [0.1, 0.15) is 5.82 Å². The van der Waals surface area contributed by atoms with Crippen LogP contribution in [0.15, 0.2) is 48.7 Å². The number of amides is 1. The lowest BCUT2D eigenvalue weighted by atomic mass is 10.1.